The molecule has 1 aromatic carbocycles. The van der Waals surface area contributed by atoms with E-state index in [9.17, 15) is 14.4 Å². The van der Waals surface area contributed by atoms with E-state index in [0.717, 1.165) is 12.0 Å². The Kier molecular flexibility index (Phi) is 7.66. The third-order valence-electron chi connectivity index (χ3n) is 4.94. The number of piperidine rings is 1. The van der Waals surface area contributed by atoms with Crippen LogP contribution in [0, 0.1) is 11.8 Å². The number of carboxylic acid groups (broad SMARTS) is 1. The highest BCUT2D eigenvalue weighted by atomic mass is 35.5. The lowest BCUT2D eigenvalue weighted by atomic mass is 9.97. The van der Waals surface area contributed by atoms with Gasteiger partial charge in [-0.3, -0.25) is 14.4 Å². The first-order valence-electron chi connectivity index (χ1n) is 9.25. The fourth-order valence-electron chi connectivity index (χ4n) is 3.35. The third-order valence-corrected chi connectivity index (χ3v) is 5.19. The van der Waals surface area contributed by atoms with E-state index in [1.807, 2.05) is 31.2 Å². The summed E-state index contributed by atoms with van der Waals surface area (Å²) in [5.41, 5.74) is 1.12. The van der Waals surface area contributed by atoms with Gasteiger partial charge in [-0.05, 0) is 42.9 Å². The molecule has 1 aliphatic heterocycles. The van der Waals surface area contributed by atoms with Gasteiger partial charge in [0.25, 0.3) is 0 Å². The van der Waals surface area contributed by atoms with Crippen molar-refractivity contribution in [2.75, 3.05) is 26.7 Å². The average molecular weight is 395 g/mol. The van der Waals surface area contributed by atoms with Gasteiger partial charge in [-0.15, -0.1) is 0 Å². The molecule has 0 spiro atoms. The molecule has 1 fully saturated rings. The molecule has 1 heterocycles. The van der Waals surface area contributed by atoms with Crippen molar-refractivity contribution >= 4 is 29.4 Å². The molecule has 27 heavy (non-hydrogen) atoms. The van der Waals surface area contributed by atoms with Gasteiger partial charge in [0.05, 0.1) is 12.5 Å². The van der Waals surface area contributed by atoms with Crippen molar-refractivity contribution in [3.05, 3.63) is 34.9 Å². The minimum atomic E-state index is -0.868. The molecule has 0 aromatic heterocycles. The van der Waals surface area contributed by atoms with Crippen LogP contribution in [0.5, 0.6) is 0 Å². The standard InChI is InChI=1S/C20H27ClN2O4/c1-14(10-15-5-7-17(21)8-6-15)11-18(24)22(2)13-19(25)23-9-3-4-16(12-23)20(26)27/h5-8,14,16H,3-4,9-13H2,1-2H3,(H,26,27). The molecule has 0 bridgehead atoms. The smallest absolute Gasteiger partial charge is 0.308 e. The molecule has 0 saturated carbocycles. The van der Waals surface area contributed by atoms with Crippen molar-refractivity contribution in [3.63, 3.8) is 0 Å². The summed E-state index contributed by atoms with van der Waals surface area (Å²) < 4.78 is 0. The molecule has 0 radical (unpaired) electrons. The lowest BCUT2D eigenvalue weighted by Crippen LogP contribution is -2.47. The number of carbonyl (C=O) groups is 3. The summed E-state index contributed by atoms with van der Waals surface area (Å²) in [7, 11) is 1.62. The zero-order valence-electron chi connectivity index (χ0n) is 15.9. The van der Waals surface area contributed by atoms with Crippen LogP contribution >= 0.6 is 11.6 Å². The number of halogens is 1. The molecular weight excluding hydrogens is 368 g/mol. The predicted octanol–water partition coefficient (Wildman–Crippen LogP) is 2.69. The van der Waals surface area contributed by atoms with Crippen molar-refractivity contribution in [2.45, 2.75) is 32.6 Å². The predicted molar refractivity (Wildman–Crippen MR) is 104 cm³/mol. The second-order valence-corrected chi connectivity index (χ2v) is 7.84. The maximum absolute atomic E-state index is 12.4. The van der Waals surface area contributed by atoms with Gasteiger partial charge in [0.1, 0.15) is 0 Å². The Balaban J connectivity index is 1.81. The molecule has 7 heteroatoms. The number of carbonyl (C=O) groups excluding carboxylic acids is 2. The quantitative estimate of drug-likeness (QED) is 0.771. The number of benzene rings is 1. The van der Waals surface area contributed by atoms with E-state index in [0.29, 0.717) is 30.8 Å². The molecule has 2 unspecified atom stereocenters. The maximum Gasteiger partial charge on any atom is 0.308 e. The molecule has 2 rings (SSSR count). The Morgan fingerprint density at radius 2 is 1.96 bits per heavy atom. The zero-order chi connectivity index (χ0) is 20.0. The van der Waals surface area contributed by atoms with E-state index in [4.69, 9.17) is 16.7 Å². The second kappa shape index (κ2) is 9.74. The van der Waals surface area contributed by atoms with E-state index in [2.05, 4.69) is 0 Å². The molecule has 6 nitrogen and oxygen atoms in total. The normalized spacial score (nSPS) is 18.0. The van der Waals surface area contributed by atoms with Crippen LogP contribution in [0.1, 0.15) is 31.7 Å². The number of aliphatic carboxylic acids is 1. The van der Waals surface area contributed by atoms with Crippen LogP contribution in [-0.4, -0.2) is 59.4 Å². The van der Waals surface area contributed by atoms with Crippen LogP contribution in [0.3, 0.4) is 0 Å². The first-order valence-corrected chi connectivity index (χ1v) is 9.63. The molecule has 1 aromatic rings. The molecule has 2 atom stereocenters. The van der Waals surface area contributed by atoms with Crippen molar-refractivity contribution in [1.82, 2.24) is 9.80 Å². The summed E-state index contributed by atoms with van der Waals surface area (Å²) in [5, 5.41) is 9.82. The van der Waals surface area contributed by atoms with Crippen LogP contribution in [0.2, 0.25) is 5.02 Å². The van der Waals surface area contributed by atoms with Gasteiger partial charge in [-0.25, -0.2) is 0 Å². The van der Waals surface area contributed by atoms with E-state index < -0.39 is 11.9 Å². The zero-order valence-corrected chi connectivity index (χ0v) is 16.6. The molecule has 0 aliphatic carbocycles. The summed E-state index contributed by atoms with van der Waals surface area (Å²) in [6.45, 7) is 2.77. The van der Waals surface area contributed by atoms with Crippen molar-refractivity contribution in [1.29, 1.82) is 0 Å². The largest absolute Gasteiger partial charge is 0.481 e. The molecule has 2 amide bonds. The SMILES string of the molecule is CC(CC(=O)N(C)CC(=O)N1CCCC(C(=O)O)C1)Cc1ccc(Cl)cc1. The van der Waals surface area contributed by atoms with E-state index >= 15 is 0 Å². The molecule has 1 N–H and O–H groups in total. The third kappa shape index (κ3) is 6.54. The number of rotatable bonds is 7. The van der Waals surface area contributed by atoms with Gasteiger partial charge in [-0.1, -0.05) is 30.7 Å². The van der Waals surface area contributed by atoms with Gasteiger partial charge in [-0.2, -0.15) is 0 Å². The van der Waals surface area contributed by atoms with Crippen molar-refractivity contribution in [2.24, 2.45) is 11.8 Å². The van der Waals surface area contributed by atoms with E-state index in [1.165, 1.54) is 4.90 Å². The molecule has 148 valence electrons. The van der Waals surface area contributed by atoms with E-state index in [1.54, 1.807) is 11.9 Å². The average Bonchev–Trinajstić information content (AvgIpc) is 2.63. The second-order valence-electron chi connectivity index (χ2n) is 7.41. The Bertz CT molecular complexity index is 677. The summed E-state index contributed by atoms with van der Waals surface area (Å²) in [6, 6.07) is 7.57. The van der Waals surface area contributed by atoms with Crippen molar-refractivity contribution in [3.8, 4) is 0 Å². The van der Waals surface area contributed by atoms with Gasteiger partial charge < -0.3 is 14.9 Å². The van der Waals surface area contributed by atoms with E-state index in [-0.39, 0.29) is 30.8 Å². The number of hydrogen-bond acceptors (Lipinski definition) is 3. The number of amides is 2. The number of nitrogens with zero attached hydrogens (tertiary/aromatic N) is 2. The Hall–Kier alpha value is -2.08. The fourth-order valence-corrected chi connectivity index (χ4v) is 3.47. The van der Waals surface area contributed by atoms with Crippen LogP contribution < -0.4 is 0 Å². The summed E-state index contributed by atoms with van der Waals surface area (Å²) in [6.07, 6.45) is 2.38. The Labute approximate surface area is 165 Å². The summed E-state index contributed by atoms with van der Waals surface area (Å²) >= 11 is 5.88. The fraction of sp³-hybridized carbons (Fsp3) is 0.550. The van der Waals surface area contributed by atoms with Crippen molar-refractivity contribution < 1.29 is 19.5 Å². The Morgan fingerprint density at radius 1 is 1.30 bits per heavy atom. The first-order chi connectivity index (χ1) is 12.8. The van der Waals surface area contributed by atoms with Crippen LogP contribution in [0.25, 0.3) is 0 Å². The van der Waals surface area contributed by atoms with Gasteiger partial charge in [0, 0.05) is 31.6 Å². The molecule has 1 saturated heterocycles. The summed E-state index contributed by atoms with van der Waals surface area (Å²) in [5.74, 6) is -1.52. The number of carboxylic acids is 1. The number of likely N-dealkylation sites (tertiary alicyclic amines) is 1. The number of hydrogen-bond donors (Lipinski definition) is 1. The van der Waals surface area contributed by atoms with Crippen LogP contribution in [0.4, 0.5) is 0 Å². The molecular formula is C20H27ClN2O4. The highest BCUT2D eigenvalue weighted by molar-refractivity contribution is 6.30. The monoisotopic (exact) mass is 394 g/mol. The lowest BCUT2D eigenvalue weighted by molar-refractivity contribution is -0.147. The molecule has 1 aliphatic rings. The Morgan fingerprint density at radius 3 is 2.59 bits per heavy atom. The minimum Gasteiger partial charge on any atom is -0.481 e. The first kappa shape index (κ1) is 21.2. The van der Waals surface area contributed by atoms with Crippen LogP contribution in [-0.2, 0) is 20.8 Å². The highest BCUT2D eigenvalue weighted by Gasteiger charge is 2.29. The van der Waals surface area contributed by atoms with Crippen LogP contribution in [0.15, 0.2) is 24.3 Å². The number of likely N-dealkylation sites (N-methyl/N-ethyl adjacent to an activating group) is 1. The van der Waals surface area contributed by atoms with Gasteiger partial charge >= 0.3 is 5.97 Å². The lowest BCUT2D eigenvalue weighted by Gasteiger charge is -2.32. The minimum absolute atomic E-state index is 0.0150. The maximum atomic E-state index is 12.4. The summed E-state index contributed by atoms with van der Waals surface area (Å²) in [4.78, 5) is 39.0. The topological polar surface area (TPSA) is 77.9 Å². The van der Waals surface area contributed by atoms with Gasteiger partial charge in [0.15, 0.2) is 0 Å². The highest BCUT2D eigenvalue weighted by Crippen LogP contribution is 2.18. The van der Waals surface area contributed by atoms with Gasteiger partial charge in [0.2, 0.25) is 11.8 Å².